The van der Waals surface area contributed by atoms with Crippen LogP contribution in [0.2, 0.25) is 0 Å². The van der Waals surface area contributed by atoms with Gasteiger partial charge in [0.15, 0.2) is 6.10 Å². The molecule has 1 aromatic carbocycles. The van der Waals surface area contributed by atoms with Crippen LogP contribution >= 0.6 is 0 Å². The Hall–Kier alpha value is -2.37. The SMILES string of the molecule is CCC(C(=O)OC(C)C(=O)NC(=O)NC1CC1)c1ccccc1. The van der Waals surface area contributed by atoms with E-state index < -0.39 is 29.9 Å². The van der Waals surface area contributed by atoms with Crippen LogP contribution in [-0.2, 0) is 14.3 Å². The van der Waals surface area contributed by atoms with E-state index in [2.05, 4.69) is 10.6 Å². The molecule has 1 saturated carbocycles. The van der Waals surface area contributed by atoms with Crippen LogP contribution in [0.25, 0.3) is 0 Å². The maximum absolute atomic E-state index is 12.3. The largest absolute Gasteiger partial charge is 0.452 e. The number of esters is 1. The van der Waals surface area contributed by atoms with Crippen molar-refractivity contribution in [3.63, 3.8) is 0 Å². The Morgan fingerprint density at radius 1 is 1.22 bits per heavy atom. The molecule has 0 radical (unpaired) electrons. The first-order valence-electron chi connectivity index (χ1n) is 7.88. The van der Waals surface area contributed by atoms with E-state index in [0.29, 0.717) is 6.42 Å². The van der Waals surface area contributed by atoms with E-state index in [1.165, 1.54) is 6.92 Å². The molecule has 6 nitrogen and oxygen atoms in total. The first-order chi connectivity index (χ1) is 11.0. The molecular formula is C17H22N2O4. The standard InChI is InChI=1S/C17H22N2O4/c1-3-14(12-7-5-4-6-8-12)16(21)23-11(2)15(20)19-17(22)18-13-9-10-13/h4-8,11,13-14H,3,9-10H2,1-2H3,(H2,18,19,20,22). The highest BCUT2D eigenvalue weighted by Crippen LogP contribution is 2.21. The van der Waals surface area contributed by atoms with E-state index >= 15 is 0 Å². The minimum atomic E-state index is -1.02. The van der Waals surface area contributed by atoms with Gasteiger partial charge >= 0.3 is 12.0 Å². The maximum Gasteiger partial charge on any atom is 0.321 e. The number of imide groups is 1. The van der Waals surface area contributed by atoms with Gasteiger partial charge in [-0.2, -0.15) is 0 Å². The third kappa shape index (κ3) is 5.09. The molecule has 1 aliphatic rings. The lowest BCUT2D eigenvalue weighted by Gasteiger charge is -2.18. The molecule has 2 unspecified atom stereocenters. The van der Waals surface area contributed by atoms with E-state index in [0.717, 1.165) is 18.4 Å². The van der Waals surface area contributed by atoms with Crippen LogP contribution < -0.4 is 10.6 Å². The molecule has 0 aromatic heterocycles. The number of hydrogen-bond donors (Lipinski definition) is 2. The van der Waals surface area contributed by atoms with Gasteiger partial charge in [0.2, 0.25) is 0 Å². The smallest absolute Gasteiger partial charge is 0.321 e. The summed E-state index contributed by atoms with van der Waals surface area (Å²) in [5.74, 6) is -1.52. The highest BCUT2D eigenvalue weighted by molar-refractivity contribution is 5.97. The number of urea groups is 1. The number of hydrogen-bond acceptors (Lipinski definition) is 4. The molecule has 1 aromatic rings. The zero-order valence-electron chi connectivity index (χ0n) is 13.4. The van der Waals surface area contributed by atoms with Crippen LogP contribution in [-0.4, -0.2) is 30.1 Å². The van der Waals surface area contributed by atoms with Crippen molar-refractivity contribution in [1.82, 2.24) is 10.6 Å². The number of benzene rings is 1. The Morgan fingerprint density at radius 2 is 1.87 bits per heavy atom. The molecule has 1 fully saturated rings. The molecule has 23 heavy (non-hydrogen) atoms. The Labute approximate surface area is 135 Å². The van der Waals surface area contributed by atoms with E-state index in [-0.39, 0.29) is 6.04 Å². The summed E-state index contributed by atoms with van der Waals surface area (Å²) < 4.78 is 5.21. The molecule has 2 N–H and O–H groups in total. The van der Waals surface area contributed by atoms with E-state index in [1.807, 2.05) is 37.3 Å². The van der Waals surface area contributed by atoms with E-state index in [1.54, 1.807) is 0 Å². The molecule has 124 valence electrons. The minimum Gasteiger partial charge on any atom is -0.452 e. The second kappa shape index (κ2) is 7.76. The molecule has 0 heterocycles. The fourth-order valence-electron chi connectivity index (χ4n) is 2.20. The van der Waals surface area contributed by atoms with Crippen molar-refractivity contribution in [3.05, 3.63) is 35.9 Å². The quantitative estimate of drug-likeness (QED) is 0.787. The molecular weight excluding hydrogens is 296 g/mol. The van der Waals surface area contributed by atoms with Crippen molar-refractivity contribution < 1.29 is 19.1 Å². The van der Waals surface area contributed by atoms with Crippen molar-refractivity contribution in [3.8, 4) is 0 Å². The van der Waals surface area contributed by atoms with Crippen molar-refractivity contribution in [2.45, 2.75) is 51.2 Å². The van der Waals surface area contributed by atoms with Crippen molar-refractivity contribution in [1.29, 1.82) is 0 Å². The van der Waals surface area contributed by atoms with Gasteiger partial charge in [-0.15, -0.1) is 0 Å². The monoisotopic (exact) mass is 318 g/mol. The number of rotatable bonds is 6. The summed E-state index contributed by atoms with van der Waals surface area (Å²) in [7, 11) is 0. The summed E-state index contributed by atoms with van der Waals surface area (Å²) in [5, 5.41) is 4.83. The van der Waals surface area contributed by atoms with Crippen LogP contribution in [0.3, 0.4) is 0 Å². The van der Waals surface area contributed by atoms with Crippen molar-refractivity contribution in [2.24, 2.45) is 0 Å². The fourth-order valence-corrected chi connectivity index (χ4v) is 2.20. The first kappa shape index (κ1) is 17.0. The lowest BCUT2D eigenvalue weighted by Crippen LogP contribution is -2.45. The summed E-state index contributed by atoms with van der Waals surface area (Å²) >= 11 is 0. The molecule has 1 aliphatic carbocycles. The summed E-state index contributed by atoms with van der Waals surface area (Å²) in [6, 6.07) is 8.88. The average molecular weight is 318 g/mol. The van der Waals surface area contributed by atoms with Crippen LogP contribution in [0.5, 0.6) is 0 Å². The topological polar surface area (TPSA) is 84.5 Å². The van der Waals surface area contributed by atoms with Gasteiger partial charge in [0.1, 0.15) is 0 Å². The molecule has 0 bridgehead atoms. The highest BCUT2D eigenvalue weighted by Gasteiger charge is 2.28. The van der Waals surface area contributed by atoms with E-state index in [4.69, 9.17) is 4.74 Å². The normalized spacial score (nSPS) is 16.1. The van der Waals surface area contributed by atoms with Gasteiger partial charge < -0.3 is 10.1 Å². The molecule has 2 rings (SSSR count). The number of carbonyl (C=O) groups is 3. The summed E-state index contributed by atoms with van der Waals surface area (Å²) in [6.07, 6.45) is 1.41. The number of carbonyl (C=O) groups excluding carboxylic acids is 3. The predicted octanol–water partition coefficient (Wildman–Crippen LogP) is 2.10. The van der Waals surface area contributed by atoms with Gasteiger partial charge in [-0.1, -0.05) is 37.3 Å². The van der Waals surface area contributed by atoms with Gasteiger partial charge in [0.25, 0.3) is 5.91 Å². The molecule has 0 spiro atoms. The second-order valence-corrected chi connectivity index (χ2v) is 5.69. The molecule has 2 atom stereocenters. The van der Waals surface area contributed by atoms with Crippen LogP contribution in [0.15, 0.2) is 30.3 Å². The number of nitrogens with one attached hydrogen (secondary N) is 2. The fraction of sp³-hybridized carbons (Fsp3) is 0.471. The van der Waals surface area contributed by atoms with Gasteiger partial charge in [-0.05, 0) is 31.7 Å². The maximum atomic E-state index is 12.3. The Balaban J connectivity index is 1.87. The van der Waals surface area contributed by atoms with Gasteiger partial charge in [0.05, 0.1) is 5.92 Å². The van der Waals surface area contributed by atoms with Gasteiger partial charge in [-0.25, -0.2) is 4.79 Å². The lowest BCUT2D eigenvalue weighted by atomic mass is 9.97. The average Bonchev–Trinajstić information content (AvgIpc) is 3.32. The third-order valence-corrected chi connectivity index (χ3v) is 3.71. The van der Waals surface area contributed by atoms with Gasteiger partial charge in [0, 0.05) is 6.04 Å². The lowest BCUT2D eigenvalue weighted by molar-refractivity contribution is -0.156. The third-order valence-electron chi connectivity index (χ3n) is 3.71. The van der Waals surface area contributed by atoms with Gasteiger partial charge in [-0.3, -0.25) is 14.9 Å². The van der Waals surface area contributed by atoms with Crippen molar-refractivity contribution >= 4 is 17.9 Å². The van der Waals surface area contributed by atoms with Crippen LogP contribution in [0, 0.1) is 0 Å². The Bertz CT molecular complexity index is 569. The minimum absolute atomic E-state index is 0.156. The first-order valence-corrected chi connectivity index (χ1v) is 7.88. The zero-order valence-corrected chi connectivity index (χ0v) is 13.4. The predicted molar refractivity (Wildman–Crippen MR) is 84.7 cm³/mol. The van der Waals surface area contributed by atoms with E-state index in [9.17, 15) is 14.4 Å². The van der Waals surface area contributed by atoms with Crippen molar-refractivity contribution in [2.75, 3.05) is 0 Å². The Morgan fingerprint density at radius 3 is 2.43 bits per heavy atom. The molecule has 0 aliphatic heterocycles. The number of ether oxygens (including phenoxy) is 1. The highest BCUT2D eigenvalue weighted by atomic mass is 16.5. The molecule has 3 amide bonds. The molecule has 6 heteroatoms. The Kier molecular flexibility index (Phi) is 5.73. The van der Waals surface area contributed by atoms with Crippen LogP contribution in [0.1, 0.15) is 44.6 Å². The summed E-state index contributed by atoms with van der Waals surface area (Å²) in [5.41, 5.74) is 0.846. The van der Waals surface area contributed by atoms with Crippen LogP contribution in [0.4, 0.5) is 4.79 Å². The summed E-state index contributed by atoms with van der Waals surface area (Å²) in [6.45, 7) is 3.34. The zero-order chi connectivity index (χ0) is 16.8. The second-order valence-electron chi connectivity index (χ2n) is 5.69. The summed E-state index contributed by atoms with van der Waals surface area (Å²) in [4.78, 5) is 35.7. The number of amides is 3. The molecule has 0 saturated heterocycles.